The molecule has 0 amide bonds. The molecule has 0 aromatic carbocycles. The maximum atomic E-state index is 12.1. The summed E-state index contributed by atoms with van der Waals surface area (Å²) < 4.78 is 5.24. The molecule has 0 saturated carbocycles. The van der Waals surface area contributed by atoms with Crippen LogP contribution in [0.5, 0.6) is 0 Å². The Balaban J connectivity index is 1.44. The number of hydrogen-bond acceptors (Lipinski definition) is 4. The largest absolute Gasteiger partial charge is 0.466 e. The van der Waals surface area contributed by atoms with Gasteiger partial charge in [0.15, 0.2) is 0 Å². The van der Waals surface area contributed by atoms with Gasteiger partial charge in [-0.3, -0.25) is 9.78 Å². The first kappa shape index (κ1) is 20.1. The zero-order valence-electron chi connectivity index (χ0n) is 17.5. The van der Waals surface area contributed by atoms with E-state index in [9.17, 15) is 4.79 Å². The van der Waals surface area contributed by atoms with Crippen LogP contribution in [-0.4, -0.2) is 42.1 Å². The molecule has 2 aliphatic carbocycles. The minimum absolute atomic E-state index is 0.0238. The normalized spacial score (nSPS) is 23.5. The summed E-state index contributed by atoms with van der Waals surface area (Å²) in [6, 6.07) is 2.18. The van der Waals surface area contributed by atoms with Crippen molar-refractivity contribution < 1.29 is 9.53 Å². The van der Waals surface area contributed by atoms with Crippen molar-refractivity contribution in [1.82, 2.24) is 9.88 Å². The Kier molecular flexibility index (Phi) is 6.60. The van der Waals surface area contributed by atoms with E-state index < -0.39 is 0 Å². The number of carbonyl (C=O) groups is 1. The van der Waals surface area contributed by atoms with Gasteiger partial charge >= 0.3 is 5.97 Å². The molecular weight excluding hydrogens is 360 g/mol. The predicted molar refractivity (Wildman–Crippen MR) is 116 cm³/mol. The summed E-state index contributed by atoms with van der Waals surface area (Å²) in [6.45, 7) is 5.27. The van der Waals surface area contributed by atoms with Gasteiger partial charge in [-0.05, 0) is 86.8 Å². The van der Waals surface area contributed by atoms with Gasteiger partial charge in [0, 0.05) is 25.5 Å². The molecule has 1 atom stereocenters. The molecular formula is C25H32N2O2. The van der Waals surface area contributed by atoms with Gasteiger partial charge < -0.3 is 9.64 Å². The van der Waals surface area contributed by atoms with E-state index in [1.165, 1.54) is 28.7 Å². The second-order valence-corrected chi connectivity index (χ2v) is 8.37. The van der Waals surface area contributed by atoms with Crippen molar-refractivity contribution >= 4 is 11.5 Å². The Labute approximate surface area is 174 Å². The number of aromatic nitrogens is 1. The zero-order valence-corrected chi connectivity index (χ0v) is 17.5. The van der Waals surface area contributed by atoms with E-state index in [4.69, 9.17) is 4.74 Å². The van der Waals surface area contributed by atoms with Crippen LogP contribution in [0.1, 0.15) is 56.6 Å². The van der Waals surface area contributed by atoms with Crippen molar-refractivity contribution in [2.24, 2.45) is 5.92 Å². The molecule has 1 aromatic rings. The van der Waals surface area contributed by atoms with E-state index in [-0.39, 0.29) is 11.9 Å². The highest BCUT2D eigenvalue weighted by molar-refractivity contribution is 5.73. The molecule has 0 spiro atoms. The molecule has 1 aromatic heterocycles. The van der Waals surface area contributed by atoms with Crippen LogP contribution in [-0.2, 0) is 16.0 Å². The molecule has 29 heavy (non-hydrogen) atoms. The molecule has 3 aliphatic rings. The number of pyridine rings is 1. The summed E-state index contributed by atoms with van der Waals surface area (Å²) in [5, 5.41) is 0. The summed E-state index contributed by atoms with van der Waals surface area (Å²) in [4.78, 5) is 18.9. The monoisotopic (exact) mass is 392 g/mol. The van der Waals surface area contributed by atoms with E-state index >= 15 is 0 Å². The van der Waals surface area contributed by atoms with E-state index in [1.807, 2.05) is 19.3 Å². The van der Waals surface area contributed by atoms with Crippen LogP contribution in [0.2, 0.25) is 0 Å². The lowest BCUT2D eigenvalue weighted by molar-refractivity contribution is -0.149. The topological polar surface area (TPSA) is 42.4 Å². The van der Waals surface area contributed by atoms with Gasteiger partial charge in [0.2, 0.25) is 0 Å². The molecule has 1 fully saturated rings. The molecule has 0 unspecified atom stereocenters. The van der Waals surface area contributed by atoms with Crippen LogP contribution in [0.3, 0.4) is 0 Å². The third kappa shape index (κ3) is 4.87. The Hall–Kier alpha value is -2.20. The maximum Gasteiger partial charge on any atom is 0.310 e. The van der Waals surface area contributed by atoms with E-state index in [0.29, 0.717) is 6.61 Å². The van der Waals surface area contributed by atoms with E-state index in [0.717, 1.165) is 58.2 Å². The van der Waals surface area contributed by atoms with Crippen molar-refractivity contribution in [2.75, 3.05) is 26.2 Å². The van der Waals surface area contributed by atoms with E-state index in [2.05, 4.69) is 34.2 Å². The fraction of sp³-hybridized carbons (Fsp3) is 0.520. The number of piperidine rings is 1. The number of allylic oxidation sites excluding steroid dienone is 5. The van der Waals surface area contributed by atoms with Gasteiger partial charge in [-0.2, -0.15) is 0 Å². The number of esters is 1. The molecule has 0 radical (unpaired) electrons. The number of rotatable bonds is 5. The van der Waals surface area contributed by atoms with Gasteiger partial charge in [0.25, 0.3) is 0 Å². The molecule has 2 heterocycles. The molecule has 4 heteroatoms. The number of hydrogen-bond donors (Lipinski definition) is 0. The molecule has 0 N–H and O–H groups in total. The number of carbonyl (C=O) groups excluding carboxylic acids is 1. The van der Waals surface area contributed by atoms with Crippen molar-refractivity contribution in [3.05, 3.63) is 59.0 Å². The van der Waals surface area contributed by atoms with Crippen LogP contribution >= 0.6 is 0 Å². The van der Waals surface area contributed by atoms with Crippen molar-refractivity contribution in [1.29, 1.82) is 0 Å². The molecule has 1 aliphatic heterocycles. The van der Waals surface area contributed by atoms with Gasteiger partial charge in [-0.25, -0.2) is 0 Å². The van der Waals surface area contributed by atoms with Crippen LogP contribution in [0.15, 0.2) is 47.8 Å². The third-order valence-electron chi connectivity index (χ3n) is 6.38. The molecule has 4 rings (SSSR count). The SMILES string of the molecule is CCOC(=O)[C@@H]1CCCN(CCC=C2CC3=C(CCC=C3)Cc3cnccc32)C1. The third-order valence-corrected chi connectivity index (χ3v) is 6.38. The lowest BCUT2D eigenvalue weighted by atomic mass is 9.92. The molecule has 1 saturated heterocycles. The van der Waals surface area contributed by atoms with Crippen molar-refractivity contribution in [2.45, 2.75) is 51.9 Å². The van der Waals surface area contributed by atoms with E-state index in [1.54, 1.807) is 5.57 Å². The minimum atomic E-state index is -0.0238. The number of ether oxygens (including phenoxy) is 1. The van der Waals surface area contributed by atoms with Crippen LogP contribution in [0, 0.1) is 5.92 Å². The van der Waals surface area contributed by atoms with Crippen molar-refractivity contribution in [3.63, 3.8) is 0 Å². The van der Waals surface area contributed by atoms with Gasteiger partial charge in [-0.1, -0.05) is 23.8 Å². The number of likely N-dealkylation sites (tertiary alicyclic amines) is 1. The average molecular weight is 393 g/mol. The number of fused-ring (bicyclic) bond motifs is 1. The van der Waals surface area contributed by atoms with Gasteiger partial charge in [0.1, 0.15) is 0 Å². The van der Waals surface area contributed by atoms with Gasteiger partial charge in [0.05, 0.1) is 12.5 Å². The maximum absolute atomic E-state index is 12.1. The first-order chi connectivity index (χ1) is 14.2. The standard InChI is InChI=1S/C25H32N2O2/c1-2-29-25(28)22-10-6-14-27(18-22)13-5-9-21-15-19-7-3-4-8-20(19)16-23-17-26-12-11-24(21)23/h3,7,9,11-12,17,22H,2,4-6,8,10,13-16,18H2,1H3/t22-/m1/s1. The Bertz CT molecular complexity index is 837. The highest BCUT2D eigenvalue weighted by Gasteiger charge is 2.26. The zero-order chi connectivity index (χ0) is 20.1. The molecule has 0 bridgehead atoms. The summed E-state index contributed by atoms with van der Waals surface area (Å²) in [7, 11) is 0. The minimum Gasteiger partial charge on any atom is -0.466 e. The molecule has 154 valence electrons. The fourth-order valence-corrected chi connectivity index (χ4v) is 4.87. The Morgan fingerprint density at radius 1 is 1.38 bits per heavy atom. The second-order valence-electron chi connectivity index (χ2n) is 8.37. The van der Waals surface area contributed by atoms with Crippen LogP contribution in [0.25, 0.3) is 5.57 Å². The first-order valence-electron chi connectivity index (χ1n) is 11.1. The lowest BCUT2D eigenvalue weighted by Crippen LogP contribution is -2.39. The fourth-order valence-electron chi connectivity index (χ4n) is 4.87. The first-order valence-corrected chi connectivity index (χ1v) is 11.1. The smallest absolute Gasteiger partial charge is 0.310 e. The highest BCUT2D eigenvalue weighted by atomic mass is 16.5. The number of nitrogens with zero attached hydrogens (tertiary/aromatic N) is 2. The summed E-state index contributed by atoms with van der Waals surface area (Å²) in [6.07, 6.45) is 18.5. The molecule has 4 nitrogen and oxygen atoms in total. The van der Waals surface area contributed by atoms with Gasteiger partial charge in [-0.15, -0.1) is 0 Å². The summed E-state index contributed by atoms with van der Waals surface area (Å²) >= 11 is 0. The van der Waals surface area contributed by atoms with Crippen molar-refractivity contribution in [3.8, 4) is 0 Å². The predicted octanol–water partition coefficient (Wildman–Crippen LogP) is 4.72. The van der Waals surface area contributed by atoms with Crippen LogP contribution in [0.4, 0.5) is 0 Å². The summed E-state index contributed by atoms with van der Waals surface area (Å²) in [5.41, 5.74) is 7.24. The average Bonchev–Trinajstić information content (AvgIpc) is 2.91. The quantitative estimate of drug-likeness (QED) is 0.680. The summed E-state index contributed by atoms with van der Waals surface area (Å²) in [5.74, 6) is 0.0189. The lowest BCUT2D eigenvalue weighted by Gasteiger charge is -2.31. The second kappa shape index (κ2) is 9.53. The Morgan fingerprint density at radius 2 is 2.31 bits per heavy atom. The Morgan fingerprint density at radius 3 is 3.21 bits per heavy atom. The van der Waals surface area contributed by atoms with Crippen LogP contribution < -0.4 is 0 Å². The highest BCUT2D eigenvalue weighted by Crippen LogP contribution is 2.36.